The van der Waals surface area contributed by atoms with Crippen molar-refractivity contribution in [2.75, 3.05) is 12.3 Å². The number of sulfonamides is 1. The van der Waals surface area contributed by atoms with E-state index < -0.39 is 46.6 Å². The molecule has 9 heteroatoms. The van der Waals surface area contributed by atoms with Gasteiger partial charge in [0.05, 0.1) is 12.3 Å². The number of halogens is 3. The Morgan fingerprint density at radius 3 is 2.45 bits per heavy atom. The Kier molecular flexibility index (Phi) is 6.87. The third-order valence-corrected chi connectivity index (χ3v) is 8.22. The minimum atomic E-state index is -3.95. The average molecular weight is 483 g/mol. The Morgan fingerprint density at radius 2 is 1.85 bits per heavy atom. The molecule has 1 unspecified atom stereocenters. The zero-order chi connectivity index (χ0) is 23.8. The smallest absolute Gasteiger partial charge is 0.278 e. The van der Waals surface area contributed by atoms with E-state index in [0.29, 0.717) is 11.1 Å². The average Bonchev–Trinajstić information content (AvgIpc) is 2.99. The molecule has 5 nitrogen and oxygen atoms in total. The molecule has 2 aromatic rings. The lowest BCUT2D eigenvalue weighted by Gasteiger charge is -2.39. The molecular weight excluding hydrogens is 453 g/mol. The third-order valence-electron chi connectivity index (χ3n) is 6.85. The van der Waals surface area contributed by atoms with E-state index in [0.717, 1.165) is 19.3 Å². The van der Waals surface area contributed by atoms with Gasteiger partial charge >= 0.3 is 0 Å². The van der Waals surface area contributed by atoms with Crippen LogP contribution in [-0.2, 0) is 16.4 Å². The second-order valence-electron chi connectivity index (χ2n) is 8.95. The Balaban J connectivity index is 1.70. The first kappa shape index (κ1) is 24.2. The van der Waals surface area contributed by atoms with Gasteiger partial charge in [0.1, 0.15) is 18.1 Å². The van der Waals surface area contributed by atoms with Crippen LogP contribution in [0.5, 0.6) is 0 Å². The van der Waals surface area contributed by atoms with Gasteiger partial charge in [-0.2, -0.15) is 0 Å². The largest absolute Gasteiger partial charge is 0.378 e. The number of likely N-dealkylation sites (tertiary alicyclic amines) is 1. The fraction of sp³-hybridized carbons (Fsp3) is 0.500. The van der Waals surface area contributed by atoms with Gasteiger partial charge in [-0.15, -0.1) is 0 Å². The summed E-state index contributed by atoms with van der Waals surface area (Å²) in [7, 11) is -3.95. The predicted molar refractivity (Wildman–Crippen MR) is 121 cm³/mol. The number of hydrogen-bond donors (Lipinski definition) is 2. The minimum absolute atomic E-state index is 0.148. The van der Waals surface area contributed by atoms with Crippen LogP contribution in [-0.4, -0.2) is 55.0 Å². The molecule has 2 fully saturated rings. The first-order valence-corrected chi connectivity index (χ1v) is 12.9. The second kappa shape index (κ2) is 9.37. The summed E-state index contributed by atoms with van der Waals surface area (Å²) in [6, 6.07) is 10.8. The Morgan fingerprint density at radius 1 is 1.15 bits per heavy atom. The monoisotopic (exact) mass is 482 g/mol. The first-order valence-electron chi connectivity index (χ1n) is 11.3. The zero-order valence-electron chi connectivity index (χ0n) is 18.4. The summed E-state index contributed by atoms with van der Waals surface area (Å²) in [6.07, 6.45) is 1.06. The molecular formula is C24H29F3N2O3S. The lowest BCUT2D eigenvalue weighted by Crippen LogP contribution is -2.54. The second-order valence-corrected chi connectivity index (χ2v) is 11.0. The maximum atomic E-state index is 15.5. The highest BCUT2D eigenvalue weighted by Crippen LogP contribution is 2.41. The van der Waals surface area contributed by atoms with Crippen molar-refractivity contribution in [2.24, 2.45) is 5.92 Å². The number of aliphatic hydroxyl groups is 1. The molecule has 3 atom stereocenters. The number of hydrogen-bond acceptors (Lipinski definition) is 4. The molecule has 0 spiro atoms. The molecule has 2 aromatic carbocycles. The summed E-state index contributed by atoms with van der Waals surface area (Å²) in [6.45, 7) is 0.584. The molecule has 0 radical (unpaired) electrons. The molecule has 1 aliphatic carbocycles. The summed E-state index contributed by atoms with van der Waals surface area (Å²) in [5, 5.41) is 10.8. The van der Waals surface area contributed by atoms with Crippen LogP contribution < -0.4 is 4.72 Å². The van der Waals surface area contributed by atoms with Crippen LogP contribution in [0.3, 0.4) is 0 Å². The number of alkyl halides is 2. The van der Waals surface area contributed by atoms with Crippen molar-refractivity contribution < 1.29 is 26.7 Å². The molecule has 4 rings (SSSR count). The standard InChI is InChI=1S/C24H29F3N2O3S/c1-2-33(31,32)28-22-20(29(15-24(22,26)27)23(30)17-10-6-11-17)14-18-12-7-13-19(21(18)25)16-8-4-3-5-9-16/h3-5,7-9,12-13,17,20,22-23,28,30H,2,6,10-11,14-15H2,1H3/t20-,22+,23?/m0/s1. The van der Waals surface area contributed by atoms with Gasteiger partial charge in [-0.25, -0.2) is 26.3 Å². The first-order chi connectivity index (χ1) is 15.6. The van der Waals surface area contributed by atoms with Crippen LogP contribution in [0.2, 0.25) is 0 Å². The highest BCUT2D eigenvalue weighted by atomic mass is 32.2. The fourth-order valence-corrected chi connectivity index (χ4v) is 5.59. The van der Waals surface area contributed by atoms with Crippen LogP contribution in [0, 0.1) is 11.7 Å². The van der Waals surface area contributed by atoms with Crippen LogP contribution in [0.15, 0.2) is 48.5 Å². The predicted octanol–water partition coefficient (Wildman–Crippen LogP) is 3.78. The molecule has 1 heterocycles. The van der Waals surface area contributed by atoms with E-state index in [2.05, 4.69) is 4.72 Å². The molecule has 1 saturated heterocycles. The Bertz CT molecular complexity index is 1080. The van der Waals surface area contributed by atoms with Gasteiger partial charge in [-0.3, -0.25) is 4.90 Å². The maximum absolute atomic E-state index is 15.5. The quantitative estimate of drug-likeness (QED) is 0.601. The molecule has 33 heavy (non-hydrogen) atoms. The van der Waals surface area contributed by atoms with Crippen molar-refractivity contribution in [3.63, 3.8) is 0 Å². The van der Waals surface area contributed by atoms with Crippen LogP contribution in [0.4, 0.5) is 13.2 Å². The Labute approximate surface area is 192 Å². The van der Waals surface area contributed by atoms with E-state index in [4.69, 9.17) is 0 Å². The molecule has 0 bridgehead atoms. The van der Waals surface area contributed by atoms with Crippen molar-refractivity contribution in [3.05, 3.63) is 59.9 Å². The number of nitrogens with one attached hydrogen (secondary N) is 1. The molecule has 2 aliphatic rings. The van der Waals surface area contributed by atoms with E-state index in [9.17, 15) is 13.5 Å². The summed E-state index contributed by atoms with van der Waals surface area (Å²) < 4.78 is 72.3. The number of aliphatic hydroxyl groups excluding tert-OH is 1. The maximum Gasteiger partial charge on any atom is 0.278 e. The Hall–Kier alpha value is -1.94. The van der Waals surface area contributed by atoms with Gasteiger partial charge in [0.15, 0.2) is 0 Å². The van der Waals surface area contributed by atoms with Gasteiger partial charge in [0, 0.05) is 11.6 Å². The van der Waals surface area contributed by atoms with E-state index >= 15 is 13.2 Å². The summed E-state index contributed by atoms with van der Waals surface area (Å²) in [4.78, 5) is 1.27. The fourth-order valence-electron chi connectivity index (χ4n) is 4.71. The number of nitrogens with zero attached hydrogens (tertiary/aromatic N) is 1. The molecule has 180 valence electrons. The highest BCUT2D eigenvalue weighted by molar-refractivity contribution is 7.89. The van der Waals surface area contributed by atoms with Crippen molar-refractivity contribution in [1.29, 1.82) is 0 Å². The van der Waals surface area contributed by atoms with E-state index in [1.165, 1.54) is 17.9 Å². The van der Waals surface area contributed by atoms with Crippen molar-refractivity contribution in [2.45, 2.75) is 56.8 Å². The minimum Gasteiger partial charge on any atom is -0.378 e. The van der Waals surface area contributed by atoms with E-state index in [-0.39, 0.29) is 23.7 Å². The molecule has 1 aliphatic heterocycles. The van der Waals surface area contributed by atoms with Gasteiger partial charge in [-0.05, 0) is 43.2 Å². The van der Waals surface area contributed by atoms with Gasteiger partial charge in [0.2, 0.25) is 10.0 Å². The van der Waals surface area contributed by atoms with Crippen molar-refractivity contribution in [3.8, 4) is 11.1 Å². The molecule has 2 N–H and O–H groups in total. The third kappa shape index (κ3) is 4.96. The van der Waals surface area contributed by atoms with Gasteiger partial charge in [0.25, 0.3) is 5.92 Å². The number of benzene rings is 2. The highest BCUT2D eigenvalue weighted by Gasteiger charge is 2.57. The summed E-state index contributed by atoms with van der Waals surface area (Å²) in [5.41, 5.74) is 1.20. The van der Waals surface area contributed by atoms with Gasteiger partial charge < -0.3 is 5.11 Å². The lowest BCUT2D eigenvalue weighted by atomic mass is 9.83. The van der Waals surface area contributed by atoms with Crippen LogP contribution in [0.25, 0.3) is 11.1 Å². The summed E-state index contributed by atoms with van der Waals surface area (Å²) in [5.74, 6) is -4.44. The van der Waals surface area contributed by atoms with Crippen molar-refractivity contribution >= 4 is 10.0 Å². The lowest BCUT2D eigenvalue weighted by molar-refractivity contribution is -0.0838. The molecule has 0 amide bonds. The van der Waals surface area contributed by atoms with E-state index in [1.807, 2.05) is 6.07 Å². The molecule has 0 aromatic heterocycles. The number of rotatable bonds is 8. The SMILES string of the molecule is CCS(=O)(=O)N[C@@H]1[C@H](Cc2cccc(-c3ccccc3)c2F)N(C(O)C2CCC2)CC1(F)F. The van der Waals surface area contributed by atoms with Gasteiger partial charge in [-0.1, -0.05) is 55.0 Å². The van der Waals surface area contributed by atoms with E-state index in [1.54, 1.807) is 36.4 Å². The van der Waals surface area contributed by atoms with Crippen LogP contribution >= 0.6 is 0 Å². The van der Waals surface area contributed by atoms with Crippen LogP contribution in [0.1, 0.15) is 31.7 Å². The topological polar surface area (TPSA) is 69.6 Å². The van der Waals surface area contributed by atoms with Crippen molar-refractivity contribution in [1.82, 2.24) is 9.62 Å². The summed E-state index contributed by atoms with van der Waals surface area (Å²) >= 11 is 0. The normalized spacial score (nSPS) is 24.5. The molecule has 1 saturated carbocycles. The zero-order valence-corrected chi connectivity index (χ0v) is 19.2.